The lowest BCUT2D eigenvalue weighted by Gasteiger charge is -2.11. The molecule has 6 heteroatoms. The quantitative estimate of drug-likeness (QED) is 0.571. The predicted molar refractivity (Wildman–Crippen MR) is 80.4 cm³/mol. The van der Waals surface area contributed by atoms with Crippen LogP contribution in [0.2, 0.25) is 0 Å². The number of aliphatic hydroxyl groups is 2. The summed E-state index contributed by atoms with van der Waals surface area (Å²) in [5.74, 6) is 0.300. The first kappa shape index (κ1) is 14.8. The third kappa shape index (κ3) is 3.09. The van der Waals surface area contributed by atoms with E-state index in [1.54, 1.807) is 0 Å². The average Bonchev–Trinajstić information content (AvgIpc) is 2.47. The van der Waals surface area contributed by atoms with Gasteiger partial charge in [-0.15, -0.1) is 0 Å². The summed E-state index contributed by atoms with van der Waals surface area (Å²) in [6.07, 6.45) is 2.46. The molecule has 5 nitrogen and oxygen atoms in total. The largest absolute Gasteiger partial charge is 0.396 e. The third-order valence-electron chi connectivity index (χ3n) is 2.96. The Morgan fingerprint density at radius 2 is 2.05 bits per heavy atom. The van der Waals surface area contributed by atoms with Crippen LogP contribution in [0.1, 0.15) is 11.1 Å². The van der Waals surface area contributed by atoms with Crippen LogP contribution in [0.3, 0.4) is 0 Å². The highest BCUT2D eigenvalue weighted by molar-refractivity contribution is 7.98. The van der Waals surface area contributed by atoms with E-state index in [4.69, 9.17) is 10.8 Å². The number of benzene rings is 1. The van der Waals surface area contributed by atoms with Gasteiger partial charge in [0.2, 0.25) is 0 Å². The van der Waals surface area contributed by atoms with Crippen molar-refractivity contribution in [3.63, 3.8) is 0 Å². The summed E-state index contributed by atoms with van der Waals surface area (Å²) in [6.45, 7) is -0.113. The molecule has 1 aromatic heterocycles. The Kier molecular flexibility index (Phi) is 4.94. The molecule has 0 saturated heterocycles. The van der Waals surface area contributed by atoms with E-state index in [1.807, 2.05) is 30.5 Å². The summed E-state index contributed by atoms with van der Waals surface area (Å²) < 4.78 is 0. The molecule has 4 N–H and O–H groups in total. The van der Waals surface area contributed by atoms with Gasteiger partial charge in [-0.05, 0) is 24.3 Å². The smallest absolute Gasteiger partial charge is 0.189 e. The topological polar surface area (TPSA) is 92.3 Å². The Balaban J connectivity index is 2.55. The Morgan fingerprint density at radius 1 is 1.25 bits per heavy atom. The molecule has 0 spiro atoms. The zero-order chi connectivity index (χ0) is 14.5. The molecule has 0 atom stereocenters. The van der Waals surface area contributed by atoms with Crippen molar-refractivity contribution in [2.45, 2.75) is 18.2 Å². The van der Waals surface area contributed by atoms with Gasteiger partial charge in [0, 0.05) is 17.7 Å². The van der Waals surface area contributed by atoms with Gasteiger partial charge < -0.3 is 15.9 Å². The summed E-state index contributed by atoms with van der Waals surface area (Å²) in [5, 5.41) is 19.1. The van der Waals surface area contributed by atoms with Crippen LogP contribution in [-0.4, -0.2) is 33.0 Å². The van der Waals surface area contributed by atoms with Gasteiger partial charge in [-0.25, -0.2) is 9.97 Å². The number of anilines is 1. The van der Waals surface area contributed by atoms with Crippen LogP contribution in [-0.2, 0) is 13.0 Å². The molecular weight excluding hydrogens is 274 g/mol. The highest BCUT2D eigenvalue weighted by atomic mass is 32.2. The second-order valence-corrected chi connectivity index (χ2v) is 5.03. The number of aromatic nitrogens is 2. The number of nitrogens with two attached hydrogens (primary N) is 1. The van der Waals surface area contributed by atoms with Crippen molar-refractivity contribution in [1.82, 2.24) is 9.97 Å². The number of nitrogens with zero attached hydrogens (tertiary/aromatic N) is 2. The second-order valence-electron chi connectivity index (χ2n) is 4.25. The van der Waals surface area contributed by atoms with Gasteiger partial charge in [0.15, 0.2) is 5.16 Å². The van der Waals surface area contributed by atoms with Crippen LogP contribution in [0.15, 0.2) is 29.4 Å². The zero-order valence-electron chi connectivity index (χ0n) is 11.2. The molecule has 2 rings (SSSR count). The van der Waals surface area contributed by atoms with Crippen molar-refractivity contribution >= 4 is 17.6 Å². The van der Waals surface area contributed by atoms with E-state index >= 15 is 0 Å². The summed E-state index contributed by atoms with van der Waals surface area (Å²) in [4.78, 5) is 8.58. The normalized spacial score (nSPS) is 10.8. The van der Waals surface area contributed by atoms with Crippen LogP contribution in [0.5, 0.6) is 0 Å². The molecule has 0 amide bonds. The molecule has 1 aromatic carbocycles. The first-order valence-electron chi connectivity index (χ1n) is 6.21. The summed E-state index contributed by atoms with van der Waals surface area (Å²) in [7, 11) is 0. The fraction of sp³-hybridized carbons (Fsp3) is 0.286. The van der Waals surface area contributed by atoms with Crippen LogP contribution in [0, 0.1) is 0 Å². The number of nitrogen functional groups attached to an aromatic ring is 1. The minimum Gasteiger partial charge on any atom is -0.396 e. The summed E-state index contributed by atoms with van der Waals surface area (Å²) in [6, 6.07) is 7.70. The minimum atomic E-state index is -0.208. The summed E-state index contributed by atoms with van der Waals surface area (Å²) >= 11 is 1.40. The van der Waals surface area contributed by atoms with Crippen LogP contribution in [0.25, 0.3) is 11.3 Å². The van der Waals surface area contributed by atoms with E-state index in [9.17, 15) is 5.11 Å². The van der Waals surface area contributed by atoms with Crippen LogP contribution < -0.4 is 5.73 Å². The monoisotopic (exact) mass is 291 g/mol. The lowest BCUT2D eigenvalue weighted by atomic mass is 10.0. The number of hydrogen-bond acceptors (Lipinski definition) is 6. The van der Waals surface area contributed by atoms with Gasteiger partial charge in [-0.1, -0.05) is 30.0 Å². The Morgan fingerprint density at radius 3 is 2.70 bits per heavy atom. The fourth-order valence-corrected chi connectivity index (χ4v) is 2.34. The van der Waals surface area contributed by atoms with Gasteiger partial charge in [-0.2, -0.15) is 0 Å². The molecule has 0 aliphatic carbocycles. The molecule has 106 valence electrons. The van der Waals surface area contributed by atoms with Crippen molar-refractivity contribution in [1.29, 1.82) is 0 Å². The van der Waals surface area contributed by atoms with Crippen molar-refractivity contribution in [2.75, 3.05) is 18.6 Å². The predicted octanol–water partition coefficient (Wildman–Crippen LogP) is 1.47. The van der Waals surface area contributed by atoms with Gasteiger partial charge in [0.05, 0.1) is 12.3 Å². The zero-order valence-corrected chi connectivity index (χ0v) is 12.0. The SMILES string of the molecule is CSc1nc(N)c(CO)c(-c2cccc(CCO)c2)n1. The summed E-state index contributed by atoms with van der Waals surface area (Å²) in [5.41, 5.74) is 8.93. The standard InChI is InChI=1S/C14H17N3O2S/c1-20-14-16-12(11(8-19)13(15)17-14)10-4-2-3-9(7-10)5-6-18/h2-4,7,18-19H,5-6,8H2,1H3,(H2,15,16,17). The Hall–Kier alpha value is -1.63. The molecule has 2 aromatic rings. The maximum absolute atomic E-state index is 9.49. The van der Waals surface area contributed by atoms with E-state index < -0.39 is 0 Å². The second kappa shape index (κ2) is 6.69. The molecule has 0 bridgehead atoms. The minimum absolute atomic E-state index is 0.0955. The van der Waals surface area contributed by atoms with Crippen molar-refractivity contribution in [3.8, 4) is 11.3 Å². The molecular formula is C14H17N3O2S. The average molecular weight is 291 g/mol. The van der Waals surface area contributed by atoms with E-state index in [0.717, 1.165) is 11.1 Å². The van der Waals surface area contributed by atoms with Gasteiger partial charge in [0.1, 0.15) is 5.82 Å². The maximum Gasteiger partial charge on any atom is 0.189 e. The third-order valence-corrected chi connectivity index (χ3v) is 3.51. The first-order chi connectivity index (χ1) is 9.69. The van der Waals surface area contributed by atoms with Crippen LogP contribution >= 0.6 is 11.8 Å². The molecule has 0 unspecified atom stereocenters. The Labute approximate surface area is 121 Å². The van der Waals surface area contributed by atoms with E-state index in [-0.39, 0.29) is 13.2 Å². The van der Waals surface area contributed by atoms with Gasteiger partial charge in [0.25, 0.3) is 0 Å². The molecule has 0 aliphatic rings. The highest BCUT2D eigenvalue weighted by Crippen LogP contribution is 2.28. The van der Waals surface area contributed by atoms with E-state index in [1.165, 1.54) is 11.8 Å². The van der Waals surface area contributed by atoms with Crippen LogP contribution in [0.4, 0.5) is 5.82 Å². The van der Waals surface area contributed by atoms with E-state index in [0.29, 0.717) is 28.7 Å². The first-order valence-corrected chi connectivity index (χ1v) is 7.43. The molecule has 20 heavy (non-hydrogen) atoms. The highest BCUT2D eigenvalue weighted by Gasteiger charge is 2.13. The molecule has 1 heterocycles. The number of aliphatic hydroxyl groups excluding tert-OH is 2. The van der Waals surface area contributed by atoms with Gasteiger partial charge >= 0.3 is 0 Å². The number of thioether (sulfide) groups is 1. The maximum atomic E-state index is 9.49. The lowest BCUT2D eigenvalue weighted by Crippen LogP contribution is -2.05. The molecule has 0 fully saturated rings. The van der Waals surface area contributed by atoms with Gasteiger partial charge in [-0.3, -0.25) is 0 Å². The number of hydrogen-bond donors (Lipinski definition) is 3. The lowest BCUT2D eigenvalue weighted by molar-refractivity contribution is 0.282. The number of rotatable bonds is 5. The molecule has 0 aliphatic heterocycles. The molecule has 0 radical (unpaired) electrons. The van der Waals surface area contributed by atoms with E-state index in [2.05, 4.69) is 9.97 Å². The van der Waals surface area contributed by atoms with Crippen molar-refractivity contribution in [3.05, 3.63) is 35.4 Å². The Bertz CT molecular complexity index is 605. The van der Waals surface area contributed by atoms with Crippen molar-refractivity contribution < 1.29 is 10.2 Å². The fourth-order valence-electron chi connectivity index (χ4n) is 1.97. The van der Waals surface area contributed by atoms with Crippen molar-refractivity contribution in [2.24, 2.45) is 0 Å². The molecule has 0 saturated carbocycles.